The number of rotatable bonds is 15. The molecule has 1 rings (SSSR count). The van der Waals surface area contributed by atoms with Crippen molar-refractivity contribution in [2.75, 3.05) is 60.2 Å². The van der Waals surface area contributed by atoms with Gasteiger partial charge in [0, 0.05) is 63.5 Å². The van der Waals surface area contributed by atoms with Crippen LogP contribution in [0, 0.1) is 40.4 Å². The highest BCUT2D eigenvalue weighted by molar-refractivity contribution is 5.77. The van der Waals surface area contributed by atoms with E-state index in [1.54, 1.807) is 0 Å². The molecular formula is C26H52N4O2. The van der Waals surface area contributed by atoms with Gasteiger partial charge in [0.1, 0.15) is 0 Å². The third-order valence-corrected chi connectivity index (χ3v) is 6.95. The van der Waals surface area contributed by atoms with Gasteiger partial charge in [-0.1, -0.05) is 41.5 Å². The summed E-state index contributed by atoms with van der Waals surface area (Å²) in [6, 6.07) is 0. The summed E-state index contributed by atoms with van der Waals surface area (Å²) in [6.45, 7) is 19.2. The van der Waals surface area contributed by atoms with E-state index in [0.29, 0.717) is 30.2 Å². The molecule has 4 N–H and O–H groups in total. The van der Waals surface area contributed by atoms with Crippen LogP contribution in [0.25, 0.3) is 0 Å². The average Bonchev–Trinajstić information content (AvgIpc) is 2.71. The van der Waals surface area contributed by atoms with Gasteiger partial charge in [-0.25, -0.2) is 0 Å². The summed E-state index contributed by atoms with van der Waals surface area (Å²) in [6.07, 6.45) is 3.48. The zero-order chi connectivity index (χ0) is 24.3. The molecule has 0 aromatic carbocycles. The van der Waals surface area contributed by atoms with Crippen molar-refractivity contribution in [1.29, 1.82) is 5.41 Å². The fourth-order valence-corrected chi connectivity index (χ4v) is 4.59. The minimum atomic E-state index is 0.124. The van der Waals surface area contributed by atoms with Crippen LogP contribution in [0.5, 0.6) is 0 Å². The predicted molar refractivity (Wildman–Crippen MR) is 136 cm³/mol. The number of allylic oxidation sites excluding steroid dienone is 1. The van der Waals surface area contributed by atoms with E-state index in [4.69, 9.17) is 20.6 Å². The van der Waals surface area contributed by atoms with Crippen LogP contribution in [-0.2, 0) is 9.47 Å². The minimum absolute atomic E-state index is 0.124. The largest absolute Gasteiger partial charge is 0.402 e. The lowest BCUT2D eigenvalue weighted by molar-refractivity contribution is -0.0616. The SMILES string of the molecule is CNCCN(C)CC(C=N)=C(N)C1CC(COCC(C)C)C(C)(C)C(COCC(C)C)C1. The molecule has 0 heterocycles. The van der Waals surface area contributed by atoms with Gasteiger partial charge in [0.05, 0.1) is 0 Å². The lowest BCUT2D eigenvalue weighted by Crippen LogP contribution is -2.45. The van der Waals surface area contributed by atoms with Crippen LogP contribution in [-0.4, -0.2) is 71.3 Å². The number of nitrogens with zero attached hydrogens (tertiary/aromatic N) is 1. The van der Waals surface area contributed by atoms with Crippen molar-refractivity contribution in [2.24, 2.45) is 40.7 Å². The van der Waals surface area contributed by atoms with E-state index in [1.165, 1.54) is 6.21 Å². The Hall–Kier alpha value is -0.950. The molecule has 1 aliphatic rings. The Bertz CT molecular complexity index is 548. The maximum absolute atomic E-state index is 8.02. The Kier molecular flexibility index (Phi) is 13.0. The van der Waals surface area contributed by atoms with Crippen molar-refractivity contribution in [3.63, 3.8) is 0 Å². The average molecular weight is 453 g/mol. The Morgan fingerprint density at radius 3 is 2.00 bits per heavy atom. The molecule has 6 nitrogen and oxygen atoms in total. The van der Waals surface area contributed by atoms with Crippen LogP contribution in [0.15, 0.2) is 11.3 Å². The second-order valence-electron chi connectivity index (χ2n) is 11.2. The Morgan fingerprint density at radius 1 is 1.09 bits per heavy atom. The zero-order valence-corrected chi connectivity index (χ0v) is 22.2. The summed E-state index contributed by atoms with van der Waals surface area (Å²) >= 11 is 0. The van der Waals surface area contributed by atoms with Crippen LogP contribution >= 0.6 is 0 Å². The summed E-state index contributed by atoms with van der Waals surface area (Å²) in [4.78, 5) is 2.23. The standard InChI is InChI=1S/C26H52N4O2/c1-19(2)15-31-17-23-11-21(12-24(26(23,5)6)18-32-16-20(3)4)25(28)22(13-27)14-30(8)10-9-29-7/h13,19-21,23-24,27,29H,9-12,14-18,28H2,1-8H3. The van der Waals surface area contributed by atoms with E-state index >= 15 is 0 Å². The molecule has 1 saturated carbocycles. The van der Waals surface area contributed by atoms with E-state index in [1.807, 2.05) is 7.05 Å². The van der Waals surface area contributed by atoms with Gasteiger partial charge in [0.15, 0.2) is 0 Å². The molecule has 6 heteroatoms. The van der Waals surface area contributed by atoms with Crippen molar-refractivity contribution in [3.05, 3.63) is 11.3 Å². The minimum Gasteiger partial charge on any atom is -0.402 e. The third-order valence-electron chi connectivity index (χ3n) is 6.95. The van der Waals surface area contributed by atoms with E-state index in [2.05, 4.69) is 58.8 Å². The normalized spacial score (nSPS) is 24.3. The molecule has 1 fully saturated rings. The summed E-state index contributed by atoms with van der Waals surface area (Å²) in [5, 5.41) is 11.2. The van der Waals surface area contributed by atoms with Crippen LogP contribution in [0.4, 0.5) is 0 Å². The van der Waals surface area contributed by atoms with Crippen molar-refractivity contribution in [1.82, 2.24) is 10.2 Å². The first-order chi connectivity index (χ1) is 15.0. The fourth-order valence-electron chi connectivity index (χ4n) is 4.59. The molecule has 0 spiro atoms. The zero-order valence-electron chi connectivity index (χ0n) is 22.2. The lowest BCUT2D eigenvalue weighted by Gasteiger charge is -2.48. The van der Waals surface area contributed by atoms with Crippen molar-refractivity contribution >= 4 is 6.21 Å². The number of likely N-dealkylation sites (N-methyl/N-ethyl adjacent to an activating group) is 2. The Labute approximate surface area is 198 Å². The number of nitrogens with one attached hydrogen (secondary N) is 2. The van der Waals surface area contributed by atoms with Crippen LogP contribution < -0.4 is 11.1 Å². The first kappa shape index (κ1) is 29.1. The Morgan fingerprint density at radius 2 is 1.59 bits per heavy atom. The molecule has 1 aliphatic carbocycles. The predicted octanol–water partition coefficient (Wildman–Crippen LogP) is 4.01. The van der Waals surface area contributed by atoms with E-state index in [9.17, 15) is 0 Å². The number of hydrogen-bond acceptors (Lipinski definition) is 6. The number of nitrogens with two attached hydrogens (primary N) is 1. The van der Waals surface area contributed by atoms with Gasteiger partial charge in [-0.15, -0.1) is 0 Å². The Balaban J connectivity index is 3.04. The molecule has 0 amide bonds. The summed E-state index contributed by atoms with van der Waals surface area (Å²) in [5.41, 5.74) is 8.70. The molecule has 0 aromatic rings. The van der Waals surface area contributed by atoms with Gasteiger partial charge in [0.2, 0.25) is 0 Å². The van der Waals surface area contributed by atoms with Gasteiger partial charge in [-0.3, -0.25) is 0 Å². The topological polar surface area (TPSA) is 83.6 Å². The highest BCUT2D eigenvalue weighted by atomic mass is 16.5. The van der Waals surface area contributed by atoms with Gasteiger partial charge < -0.3 is 30.8 Å². The lowest BCUT2D eigenvalue weighted by atomic mass is 9.59. The quantitative estimate of drug-likeness (QED) is 0.327. The van der Waals surface area contributed by atoms with Gasteiger partial charge in [0.25, 0.3) is 0 Å². The van der Waals surface area contributed by atoms with Gasteiger partial charge in [-0.05, 0) is 61.9 Å². The smallest absolute Gasteiger partial charge is 0.0499 e. The van der Waals surface area contributed by atoms with Crippen molar-refractivity contribution in [2.45, 2.75) is 54.4 Å². The molecule has 0 bridgehead atoms. The van der Waals surface area contributed by atoms with Gasteiger partial charge >= 0.3 is 0 Å². The van der Waals surface area contributed by atoms with Crippen LogP contribution in [0.2, 0.25) is 0 Å². The molecule has 0 radical (unpaired) electrons. The van der Waals surface area contributed by atoms with E-state index in [0.717, 1.165) is 63.6 Å². The molecule has 0 saturated heterocycles. The molecule has 32 heavy (non-hydrogen) atoms. The highest BCUT2D eigenvalue weighted by Gasteiger charge is 2.44. The second-order valence-corrected chi connectivity index (χ2v) is 11.2. The maximum Gasteiger partial charge on any atom is 0.0499 e. The highest BCUT2D eigenvalue weighted by Crippen LogP contribution is 2.49. The first-order valence-corrected chi connectivity index (χ1v) is 12.5. The number of ether oxygens (including phenoxy) is 2. The molecule has 2 atom stereocenters. The van der Waals surface area contributed by atoms with E-state index < -0.39 is 0 Å². The maximum atomic E-state index is 8.02. The second kappa shape index (κ2) is 14.3. The molecular weight excluding hydrogens is 400 g/mol. The third kappa shape index (κ3) is 9.50. The van der Waals surface area contributed by atoms with Gasteiger partial charge in [-0.2, -0.15) is 0 Å². The number of hydrogen-bond donors (Lipinski definition) is 3. The summed E-state index contributed by atoms with van der Waals surface area (Å²) < 4.78 is 12.3. The molecule has 0 aliphatic heterocycles. The molecule has 188 valence electrons. The van der Waals surface area contributed by atoms with Crippen LogP contribution in [0.1, 0.15) is 54.4 Å². The fraction of sp³-hybridized carbons (Fsp3) is 0.885. The first-order valence-electron chi connectivity index (χ1n) is 12.5. The van der Waals surface area contributed by atoms with Crippen molar-refractivity contribution in [3.8, 4) is 0 Å². The van der Waals surface area contributed by atoms with Crippen LogP contribution in [0.3, 0.4) is 0 Å². The monoisotopic (exact) mass is 452 g/mol. The molecule has 2 unspecified atom stereocenters. The van der Waals surface area contributed by atoms with Crippen molar-refractivity contribution < 1.29 is 9.47 Å². The molecule has 0 aromatic heterocycles. The van der Waals surface area contributed by atoms with E-state index in [-0.39, 0.29) is 11.3 Å². The summed E-state index contributed by atoms with van der Waals surface area (Å²) in [5.74, 6) is 2.16. The summed E-state index contributed by atoms with van der Waals surface area (Å²) in [7, 11) is 4.05.